The fourth-order valence-corrected chi connectivity index (χ4v) is 5.57. The van der Waals surface area contributed by atoms with Crippen LogP contribution in [0.15, 0.2) is 30.3 Å². The van der Waals surface area contributed by atoms with Crippen LogP contribution in [0.5, 0.6) is 17.2 Å². The molecule has 0 N–H and O–H groups in total. The van der Waals surface area contributed by atoms with Gasteiger partial charge >= 0.3 is 11.9 Å². The van der Waals surface area contributed by atoms with Crippen molar-refractivity contribution in [1.29, 1.82) is 0 Å². The van der Waals surface area contributed by atoms with Crippen molar-refractivity contribution in [3.8, 4) is 17.2 Å². The molecule has 242 valence electrons. The number of carbonyl (C=O) groups is 2. The van der Waals surface area contributed by atoms with Gasteiger partial charge in [-0.05, 0) is 89.4 Å². The molecule has 0 saturated carbocycles. The Kier molecular flexibility index (Phi) is 11.8. The summed E-state index contributed by atoms with van der Waals surface area (Å²) in [6, 6.07) is 6.80. The van der Waals surface area contributed by atoms with E-state index in [0.29, 0.717) is 55.1 Å². The highest BCUT2D eigenvalue weighted by atomic mass is 19.1. The summed E-state index contributed by atoms with van der Waals surface area (Å²) in [4.78, 5) is 30.8. The molecule has 2 aliphatic heterocycles. The van der Waals surface area contributed by atoms with Crippen LogP contribution in [-0.4, -0.2) is 94.5 Å². The Labute approximate surface area is 258 Å². The predicted octanol–water partition coefficient (Wildman–Crippen LogP) is 5.39. The largest absolute Gasteiger partial charge is 0.493 e. The third-order valence-electron chi connectivity index (χ3n) is 8.03. The quantitative estimate of drug-likeness (QED) is 0.410. The summed E-state index contributed by atoms with van der Waals surface area (Å²) in [6.07, 6.45) is 2.89. The number of fused-ring (bicyclic) bond motifs is 5. The highest BCUT2D eigenvalue weighted by molar-refractivity contribution is 5.91. The zero-order valence-corrected chi connectivity index (χ0v) is 26.2. The lowest BCUT2D eigenvalue weighted by molar-refractivity contribution is 0.0221. The van der Waals surface area contributed by atoms with Crippen LogP contribution < -0.4 is 14.2 Å². The van der Waals surface area contributed by atoms with E-state index in [1.165, 1.54) is 40.2 Å². The van der Waals surface area contributed by atoms with Gasteiger partial charge in [-0.15, -0.1) is 0 Å². The van der Waals surface area contributed by atoms with Gasteiger partial charge in [0.15, 0.2) is 11.5 Å². The van der Waals surface area contributed by atoms with Gasteiger partial charge in [-0.1, -0.05) is 0 Å². The van der Waals surface area contributed by atoms with Crippen LogP contribution in [0.25, 0.3) is 0 Å². The molecular weight excluding hydrogens is 574 g/mol. The summed E-state index contributed by atoms with van der Waals surface area (Å²) in [6.45, 7) is 8.26. The van der Waals surface area contributed by atoms with Crippen LogP contribution in [0.4, 0.5) is 8.78 Å². The molecule has 0 aliphatic carbocycles. The fourth-order valence-electron chi connectivity index (χ4n) is 5.57. The Morgan fingerprint density at radius 1 is 0.886 bits per heavy atom. The van der Waals surface area contributed by atoms with E-state index in [1.54, 1.807) is 12.1 Å². The van der Waals surface area contributed by atoms with Gasteiger partial charge in [0.05, 0.1) is 38.6 Å². The highest BCUT2D eigenvalue weighted by Gasteiger charge is 2.26. The number of carbonyl (C=O) groups excluding carboxylic acids is 2. The Morgan fingerprint density at radius 3 is 2.30 bits per heavy atom. The van der Waals surface area contributed by atoms with E-state index in [1.807, 2.05) is 0 Å². The topological polar surface area (TPSA) is 86.8 Å². The first-order valence-electron chi connectivity index (χ1n) is 15.3. The molecule has 1 saturated heterocycles. The molecule has 44 heavy (non-hydrogen) atoms. The number of ether oxygens (including phenoxy) is 5. The first kappa shape index (κ1) is 33.5. The number of esters is 2. The summed E-state index contributed by atoms with van der Waals surface area (Å²) in [5, 5.41) is 0. The van der Waals surface area contributed by atoms with E-state index in [2.05, 4.69) is 9.80 Å². The smallest absolute Gasteiger partial charge is 0.338 e. The molecule has 4 rings (SSSR count). The minimum atomic E-state index is -1.95. The number of alkyl halides is 1. The van der Waals surface area contributed by atoms with Crippen molar-refractivity contribution in [2.45, 2.75) is 57.7 Å². The second-order valence-electron chi connectivity index (χ2n) is 11.7. The lowest BCUT2D eigenvalue weighted by Gasteiger charge is -2.25. The summed E-state index contributed by atoms with van der Waals surface area (Å²) >= 11 is 0. The van der Waals surface area contributed by atoms with Crippen molar-refractivity contribution in [2.75, 3.05) is 66.7 Å². The average Bonchev–Trinajstić information content (AvgIpc) is 3.23. The predicted molar refractivity (Wildman–Crippen MR) is 161 cm³/mol. The molecule has 0 amide bonds. The number of cyclic esters (lactones) is 1. The number of benzene rings is 2. The molecule has 0 spiro atoms. The van der Waals surface area contributed by atoms with E-state index < -0.39 is 29.5 Å². The number of halogens is 2. The normalized spacial score (nSPS) is 22.3. The zero-order valence-electron chi connectivity index (χ0n) is 26.2. The number of hydrogen-bond acceptors (Lipinski definition) is 9. The Bertz CT molecular complexity index is 1280. The maximum atomic E-state index is 14.6. The van der Waals surface area contributed by atoms with Gasteiger partial charge in [0, 0.05) is 31.7 Å². The van der Waals surface area contributed by atoms with Gasteiger partial charge in [-0.2, -0.15) is 0 Å². The van der Waals surface area contributed by atoms with E-state index >= 15 is 0 Å². The molecule has 1 fully saturated rings. The molecule has 3 unspecified atom stereocenters. The number of rotatable bonds is 5. The van der Waals surface area contributed by atoms with Gasteiger partial charge in [0.25, 0.3) is 0 Å². The highest BCUT2D eigenvalue weighted by Crippen LogP contribution is 2.39. The van der Waals surface area contributed by atoms with Crippen LogP contribution >= 0.6 is 0 Å². The molecule has 0 aromatic heterocycles. The molecule has 9 nitrogen and oxygen atoms in total. The van der Waals surface area contributed by atoms with Crippen molar-refractivity contribution >= 4 is 11.9 Å². The summed E-state index contributed by atoms with van der Waals surface area (Å²) < 4.78 is 57.4. The molecule has 4 bridgehead atoms. The third-order valence-corrected chi connectivity index (χ3v) is 8.03. The number of hydrogen-bond donors (Lipinski definition) is 0. The molecule has 2 aliphatic rings. The minimum absolute atomic E-state index is 0.102. The van der Waals surface area contributed by atoms with Crippen molar-refractivity contribution in [1.82, 2.24) is 9.80 Å². The van der Waals surface area contributed by atoms with Crippen LogP contribution in [0.1, 0.15) is 72.2 Å². The third kappa shape index (κ3) is 9.04. The Hall–Kier alpha value is -3.44. The fraction of sp³-hybridized carbons (Fsp3) is 0.576. The van der Waals surface area contributed by atoms with Gasteiger partial charge in [-0.3, -0.25) is 0 Å². The summed E-state index contributed by atoms with van der Waals surface area (Å²) in [5.41, 5.74) is -1.74. The van der Waals surface area contributed by atoms with E-state index in [-0.39, 0.29) is 17.7 Å². The monoisotopic (exact) mass is 618 g/mol. The van der Waals surface area contributed by atoms with Gasteiger partial charge in [0.2, 0.25) is 5.75 Å². The Balaban J connectivity index is 1.53. The molecule has 11 heteroatoms. The van der Waals surface area contributed by atoms with Gasteiger partial charge in [-0.25, -0.2) is 18.4 Å². The van der Waals surface area contributed by atoms with Crippen molar-refractivity contribution in [2.24, 2.45) is 0 Å². The van der Waals surface area contributed by atoms with Crippen molar-refractivity contribution in [3.05, 3.63) is 52.8 Å². The van der Waals surface area contributed by atoms with Crippen LogP contribution in [0, 0.1) is 5.82 Å². The maximum Gasteiger partial charge on any atom is 0.338 e. The van der Waals surface area contributed by atoms with Crippen molar-refractivity contribution < 1.29 is 42.1 Å². The van der Waals surface area contributed by atoms with E-state index in [4.69, 9.17) is 23.7 Å². The van der Waals surface area contributed by atoms with Gasteiger partial charge in [0.1, 0.15) is 17.6 Å². The molecule has 2 heterocycles. The van der Waals surface area contributed by atoms with Crippen LogP contribution in [0.2, 0.25) is 0 Å². The van der Waals surface area contributed by atoms with Crippen LogP contribution in [0.3, 0.4) is 0 Å². The lowest BCUT2D eigenvalue weighted by atomic mass is 9.97. The standard InChI is InChI=1S/C33H44F2N2O7/c1-33(2,35)26-20-23(9-10-27(26)34)32(39)44-25-8-5-18-42-29-22-24(21-28(40-3)30(29)41-4)31(38)43-19-7-14-36-12-6-13-37(15-11-25)17-16-36/h9-10,20-22,25H,5-8,11-19H2,1-4H3. The molecule has 0 radical (unpaired) electrons. The van der Waals surface area contributed by atoms with E-state index in [9.17, 15) is 18.4 Å². The molecule has 2 aromatic carbocycles. The Morgan fingerprint density at radius 2 is 1.59 bits per heavy atom. The first-order chi connectivity index (χ1) is 21.1. The SMILES string of the molecule is COc1cc2cc(c1OC)OCCCC(OC(=O)c1ccc(F)c(C(C)(C)F)c1)CCN1CCCN(CCCOC2=O)CC1. The van der Waals surface area contributed by atoms with Crippen LogP contribution in [-0.2, 0) is 15.1 Å². The van der Waals surface area contributed by atoms with Gasteiger partial charge < -0.3 is 33.5 Å². The molecule has 3 atom stereocenters. The average molecular weight is 619 g/mol. The van der Waals surface area contributed by atoms with E-state index in [0.717, 1.165) is 51.8 Å². The summed E-state index contributed by atoms with van der Waals surface area (Å²) in [7, 11) is 2.98. The zero-order chi connectivity index (χ0) is 31.7. The second-order valence-corrected chi connectivity index (χ2v) is 11.7. The number of methoxy groups -OCH3 is 2. The number of nitrogens with zero attached hydrogens (tertiary/aromatic N) is 2. The molecular formula is C33H44F2N2O7. The summed E-state index contributed by atoms with van der Waals surface area (Å²) in [5.74, 6) is -0.767. The van der Waals surface area contributed by atoms with Crippen molar-refractivity contribution in [3.63, 3.8) is 0 Å². The maximum absolute atomic E-state index is 14.6. The first-order valence-corrected chi connectivity index (χ1v) is 15.3. The second kappa shape index (κ2) is 15.5. The molecule has 2 aromatic rings. The lowest BCUT2D eigenvalue weighted by Crippen LogP contribution is -2.34. The minimum Gasteiger partial charge on any atom is -0.493 e.